The lowest BCUT2D eigenvalue weighted by Crippen LogP contribution is -1.93. The van der Waals surface area contributed by atoms with E-state index in [4.69, 9.17) is 0 Å². The van der Waals surface area contributed by atoms with Crippen LogP contribution in [-0.2, 0) is 0 Å². The van der Waals surface area contributed by atoms with Crippen molar-refractivity contribution in [2.45, 2.75) is 0 Å². The summed E-state index contributed by atoms with van der Waals surface area (Å²) in [7, 11) is 0. The molecule has 0 fully saturated rings. The summed E-state index contributed by atoms with van der Waals surface area (Å²) >= 11 is 7.57. The van der Waals surface area contributed by atoms with Crippen molar-refractivity contribution in [2.24, 2.45) is 0 Å². The first kappa shape index (κ1) is 40.1. The van der Waals surface area contributed by atoms with Gasteiger partial charge in [0.25, 0.3) is 0 Å². The van der Waals surface area contributed by atoms with Gasteiger partial charge in [0.1, 0.15) is 0 Å². The highest BCUT2D eigenvalue weighted by molar-refractivity contribution is 7.27. The molecule has 0 spiro atoms. The SMILES string of the molecule is c1ccc(-n2c3ccccc3c3sc4cccc(-c5ccc6sc7ccccc7c6c5)c4c32)cc1.c1ccc(-n2c3ccccc3c3sc4cccc(-c5cccc6sc7ccccc7c56)c4c32)cc1. The monoisotopic (exact) mass is 962 g/mol. The quantitative estimate of drug-likeness (QED) is 0.166. The molecule has 0 N–H and O–H groups in total. The second-order valence-electron chi connectivity index (χ2n) is 17.9. The molecule has 10 aromatic carbocycles. The predicted octanol–water partition coefficient (Wildman–Crippen LogP) is 20.1. The molecular formula is C64H38N2S4. The molecule has 6 aromatic heterocycles. The van der Waals surface area contributed by atoms with E-state index in [0.717, 1.165) is 0 Å². The van der Waals surface area contributed by atoms with Crippen molar-refractivity contribution >= 4 is 148 Å². The van der Waals surface area contributed by atoms with Gasteiger partial charge in [0, 0.05) is 82.7 Å². The van der Waals surface area contributed by atoms with Crippen molar-refractivity contribution in [3.8, 4) is 33.6 Å². The molecule has 0 saturated carbocycles. The highest BCUT2D eigenvalue weighted by Gasteiger charge is 2.23. The molecule has 0 aliphatic rings. The van der Waals surface area contributed by atoms with Gasteiger partial charge in [0.05, 0.1) is 31.5 Å². The molecule has 16 rings (SSSR count). The number of benzene rings is 10. The Morgan fingerprint density at radius 1 is 0.257 bits per heavy atom. The Morgan fingerprint density at radius 2 is 0.671 bits per heavy atom. The largest absolute Gasteiger partial charge is 0.308 e. The average molecular weight is 963 g/mol. The number of fused-ring (bicyclic) bond motifs is 16. The highest BCUT2D eigenvalue weighted by atomic mass is 32.1. The van der Waals surface area contributed by atoms with E-state index in [-0.39, 0.29) is 0 Å². The number of hydrogen-bond donors (Lipinski definition) is 0. The third-order valence-electron chi connectivity index (χ3n) is 14.0. The fraction of sp³-hybridized carbons (Fsp3) is 0. The first-order chi connectivity index (χ1) is 34.7. The summed E-state index contributed by atoms with van der Waals surface area (Å²) in [5.41, 5.74) is 12.7. The van der Waals surface area contributed by atoms with Crippen molar-refractivity contribution < 1.29 is 0 Å². The summed E-state index contributed by atoms with van der Waals surface area (Å²) in [6.45, 7) is 0. The van der Waals surface area contributed by atoms with Crippen LogP contribution >= 0.6 is 45.3 Å². The van der Waals surface area contributed by atoms with Crippen molar-refractivity contribution in [1.29, 1.82) is 0 Å². The van der Waals surface area contributed by atoms with Crippen LogP contribution in [0.2, 0.25) is 0 Å². The van der Waals surface area contributed by atoms with Crippen LogP contribution in [0, 0.1) is 0 Å². The minimum atomic E-state index is 1.20. The van der Waals surface area contributed by atoms with Crippen molar-refractivity contribution in [3.05, 3.63) is 231 Å². The zero-order chi connectivity index (χ0) is 45.9. The number of nitrogens with zero attached hydrogens (tertiary/aromatic N) is 2. The topological polar surface area (TPSA) is 9.86 Å². The summed E-state index contributed by atoms with van der Waals surface area (Å²) < 4.78 is 15.7. The molecule has 0 bridgehead atoms. The highest BCUT2D eigenvalue weighted by Crippen LogP contribution is 2.50. The van der Waals surface area contributed by atoms with Crippen molar-refractivity contribution in [2.75, 3.05) is 0 Å². The Kier molecular flexibility index (Phi) is 9.08. The Morgan fingerprint density at radius 3 is 1.27 bits per heavy atom. The number of rotatable bonds is 4. The zero-order valence-electron chi connectivity index (χ0n) is 37.5. The van der Waals surface area contributed by atoms with E-state index < -0.39 is 0 Å². The molecule has 0 aliphatic carbocycles. The van der Waals surface area contributed by atoms with Gasteiger partial charge in [-0.15, -0.1) is 45.3 Å². The summed E-state index contributed by atoms with van der Waals surface area (Å²) in [5, 5.41) is 10.7. The van der Waals surface area contributed by atoms with Gasteiger partial charge in [-0.25, -0.2) is 0 Å². The zero-order valence-corrected chi connectivity index (χ0v) is 40.7. The minimum absolute atomic E-state index is 1.20. The predicted molar refractivity (Wildman–Crippen MR) is 309 cm³/mol. The number of para-hydroxylation sites is 4. The smallest absolute Gasteiger partial charge is 0.0734 e. The van der Waals surface area contributed by atoms with Gasteiger partial charge in [0.15, 0.2) is 0 Å². The molecule has 0 unspecified atom stereocenters. The third-order valence-corrected chi connectivity index (χ3v) is 18.7. The van der Waals surface area contributed by atoms with Crippen LogP contribution in [0.3, 0.4) is 0 Å². The van der Waals surface area contributed by atoms with Crippen LogP contribution in [0.15, 0.2) is 231 Å². The van der Waals surface area contributed by atoms with E-state index >= 15 is 0 Å². The number of aromatic nitrogens is 2. The van der Waals surface area contributed by atoms with E-state index in [1.54, 1.807) is 0 Å². The van der Waals surface area contributed by atoms with Crippen LogP contribution < -0.4 is 0 Å². The molecule has 6 heteroatoms. The Hall–Kier alpha value is -7.84. The molecule has 0 saturated heterocycles. The molecular weight excluding hydrogens is 925 g/mol. The molecule has 0 atom stereocenters. The van der Waals surface area contributed by atoms with E-state index in [1.165, 1.54) is 136 Å². The van der Waals surface area contributed by atoms with Gasteiger partial charge in [-0.2, -0.15) is 0 Å². The number of hydrogen-bond acceptors (Lipinski definition) is 4. The van der Waals surface area contributed by atoms with Crippen LogP contribution in [0.4, 0.5) is 0 Å². The van der Waals surface area contributed by atoms with E-state index in [2.05, 4.69) is 240 Å². The second-order valence-corrected chi connectivity index (χ2v) is 22.2. The maximum absolute atomic E-state index is 2.46. The second kappa shape index (κ2) is 15.9. The normalized spacial score (nSPS) is 12.0. The van der Waals surface area contributed by atoms with Crippen molar-refractivity contribution in [3.63, 3.8) is 0 Å². The number of thiophene rings is 4. The summed E-state index contributed by atoms with van der Waals surface area (Å²) in [5.74, 6) is 0. The third kappa shape index (κ3) is 6.01. The summed E-state index contributed by atoms with van der Waals surface area (Å²) in [6, 6.07) is 84.0. The molecule has 70 heavy (non-hydrogen) atoms. The lowest BCUT2D eigenvalue weighted by atomic mass is 9.96. The van der Waals surface area contributed by atoms with Crippen LogP contribution in [0.5, 0.6) is 0 Å². The minimum Gasteiger partial charge on any atom is -0.308 e. The van der Waals surface area contributed by atoms with E-state index in [0.29, 0.717) is 0 Å². The molecule has 0 amide bonds. The summed E-state index contributed by atoms with van der Waals surface area (Å²) in [4.78, 5) is 0. The Balaban J connectivity index is 0.000000126. The first-order valence-electron chi connectivity index (χ1n) is 23.6. The van der Waals surface area contributed by atoms with E-state index in [1.807, 2.05) is 45.3 Å². The van der Waals surface area contributed by atoms with Crippen molar-refractivity contribution in [1.82, 2.24) is 9.13 Å². The fourth-order valence-corrected chi connectivity index (χ4v) is 15.8. The Labute approximate surface area is 418 Å². The lowest BCUT2D eigenvalue weighted by Gasteiger charge is -2.11. The van der Waals surface area contributed by atoms with Gasteiger partial charge in [-0.3, -0.25) is 0 Å². The Bertz CT molecular complexity index is 4710. The van der Waals surface area contributed by atoms with Gasteiger partial charge in [-0.1, -0.05) is 152 Å². The maximum Gasteiger partial charge on any atom is 0.0734 e. The molecule has 16 aromatic rings. The van der Waals surface area contributed by atoms with Crippen LogP contribution in [0.1, 0.15) is 0 Å². The molecule has 6 heterocycles. The molecule has 2 nitrogen and oxygen atoms in total. The first-order valence-corrected chi connectivity index (χ1v) is 26.8. The van der Waals surface area contributed by atoms with Gasteiger partial charge >= 0.3 is 0 Å². The maximum atomic E-state index is 2.46. The molecule has 0 aliphatic heterocycles. The van der Waals surface area contributed by atoms with Crippen LogP contribution in [0.25, 0.3) is 136 Å². The van der Waals surface area contributed by atoms with Gasteiger partial charge in [0.2, 0.25) is 0 Å². The summed E-state index contributed by atoms with van der Waals surface area (Å²) in [6.07, 6.45) is 0. The van der Waals surface area contributed by atoms with Gasteiger partial charge < -0.3 is 9.13 Å². The average Bonchev–Trinajstić information content (AvgIpc) is 4.28. The molecule has 0 radical (unpaired) electrons. The fourth-order valence-electron chi connectivity index (χ4n) is 11.1. The van der Waals surface area contributed by atoms with Gasteiger partial charge in [-0.05, 0) is 101 Å². The molecule has 328 valence electrons. The van der Waals surface area contributed by atoms with Crippen LogP contribution in [-0.4, -0.2) is 9.13 Å². The van der Waals surface area contributed by atoms with E-state index in [9.17, 15) is 0 Å². The lowest BCUT2D eigenvalue weighted by molar-refractivity contribution is 1.19. The standard InChI is InChI=1S/2C32H19NS2/c1-2-10-20(11-3-1)33-25-16-6-4-12-23(25)32-31(33)30-22(15-9-19-28(30)35-32)21-14-8-18-27-29(21)24-13-5-7-17-26(24)34-27;1-2-9-21(10-3-1)33-26-14-6-4-12-24(26)32-31(33)30-22(13-8-16-29(30)35-32)20-17-18-28-25(19-20)23-11-5-7-15-27(23)34-28/h2*1-19H.